The number of hydrogen-bond donors (Lipinski definition) is 4. The van der Waals surface area contributed by atoms with Crippen LogP contribution in [0.2, 0.25) is 0 Å². The van der Waals surface area contributed by atoms with Gasteiger partial charge in [-0.3, -0.25) is 9.52 Å². The van der Waals surface area contributed by atoms with Gasteiger partial charge in [0.05, 0.1) is 11.7 Å². The standard InChI is InChI=1S/C11H18N4O3S/c1-7(2)10(12)11(16)14-8-4-3-5-9(6-8)15-19(13,17)18/h3-7,10,15H,12H2,1-2H3,(H,14,16)(H2,13,17,18)/t10-/m0/s1. The normalized spacial score (nSPS) is 13.1. The van der Waals surface area contributed by atoms with Gasteiger partial charge in [0.1, 0.15) is 0 Å². The molecule has 0 bridgehead atoms. The second kappa shape index (κ2) is 6.00. The third kappa shape index (κ3) is 5.25. The Morgan fingerprint density at radius 1 is 1.26 bits per heavy atom. The molecule has 0 aliphatic rings. The fourth-order valence-corrected chi connectivity index (χ4v) is 1.81. The first-order valence-corrected chi connectivity index (χ1v) is 7.21. The number of benzene rings is 1. The molecular weight excluding hydrogens is 268 g/mol. The highest BCUT2D eigenvalue weighted by atomic mass is 32.2. The lowest BCUT2D eigenvalue weighted by atomic mass is 10.0. The Hall–Kier alpha value is -1.64. The molecule has 0 unspecified atom stereocenters. The van der Waals surface area contributed by atoms with Gasteiger partial charge < -0.3 is 11.1 Å². The molecule has 0 heterocycles. The van der Waals surface area contributed by atoms with Crippen molar-refractivity contribution in [3.05, 3.63) is 24.3 Å². The second-order valence-corrected chi connectivity index (χ2v) is 5.78. The van der Waals surface area contributed by atoms with Gasteiger partial charge in [-0.1, -0.05) is 19.9 Å². The van der Waals surface area contributed by atoms with Gasteiger partial charge in [0.2, 0.25) is 5.91 Å². The summed E-state index contributed by atoms with van der Waals surface area (Å²) >= 11 is 0. The van der Waals surface area contributed by atoms with Crippen molar-refractivity contribution in [2.24, 2.45) is 16.8 Å². The van der Waals surface area contributed by atoms with E-state index in [0.717, 1.165) is 0 Å². The van der Waals surface area contributed by atoms with Crippen LogP contribution in [0.15, 0.2) is 24.3 Å². The van der Waals surface area contributed by atoms with Crippen molar-refractivity contribution < 1.29 is 13.2 Å². The van der Waals surface area contributed by atoms with Crippen molar-refractivity contribution >= 4 is 27.5 Å². The SMILES string of the molecule is CC(C)[C@H](N)C(=O)Nc1cccc(NS(N)(=O)=O)c1. The van der Waals surface area contributed by atoms with E-state index in [1.54, 1.807) is 12.1 Å². The van der Waals surface area contributed by atoms with E-state index >= 15 is 0 Å². The third-order valence-corrected chi connectivity index (χ3v) is 2.93. The van der Waals surface area contributed by atoms with E-state index in [-0.39, 0.29) is 17.5 Å². The van der Waals surface area contributed by atoms with Crippen molar-refractivity contribution in [3.63, 3.8) is 0 Å². The highest BCUT2D eigenvalue weighted by Gasteiger charge is 2.17. The molecule has 1 rings (SSSR count). The van der Waals surface area contributed by atoms with Gasteiger partial charge in [-0.2, -0.15) is 8.42 Å². The van der Waals surface area contributed by atoms with Crippen molar-refractivity contribution in [2.45, 2.75) is 19.9 Å². The van der Waals surface area contributed by atoms with E-state index < -0.39 is 16.3 Å². The largest absolute Gasteiger partial charge is 0.325 e. The van der Waals surface area contributed by atoms with Crippen LogP contribution in [0.25, 0.3) is 0 Å². The van der Waals surface area contributed by atoms with Gasteiger partial charge in [-0.15, -0.1) is 0 Å². The molecule has 1 atom stereocenters. The highest BCUT2D eigenvalue weighted by molar-refractivity contribution is 7.90. The summed E-state index contributed by atoms with van der Waals surface area (Å²) in [4.78, 5) is 11.8. The summed E-state index contributed by atoms with van der Waals surface area (Å²) < 4.78 is 23.9. The third-order valence-electron chi connectivity index (χ3n) is 2.41. The summed E-state index contributed by atoms with van der Waals surface area (Å²) in [6, 6.07) is 5.55. The molecule has 1 aromatic rings. The molecule has 8 heteroatoms. The fourth-order valence-electron chi connectivity index (χ4n) is 1.35. The number of nitrogens with two attached hydrogens (primary N) is 2. The fraction of sp³-hybridized carbons (Fsp3) is 0.364. The van der Waals surface area contributed by atoms with Crippen LogP contribution in [-0.2, 0) is 15.0 Å². The van der Waals surface area contributed by atoms with Gasteiger partial charge >= 0.3 is 0 Å². The number of anilines is 2. The van der Waals surface area contributed by atoms with E-state index in [2.05, 4.69) is 10.0 Å². The summed E-state index contributed by atoms with van der Waals surface area (Å²) in [5.74, 6) is -0.325. The van der Waals surface area contributed by atoms with Crippen LogP contribution in [0.5, 0.6) is 0 Å². The lowest BCUT2D eigenvalue weighted by Crippen LogP contribution is -2.39. The average molecular weight is 286 g/mol. The van der Waals surface area contributed by atoms with Crippen LogP contribution >= 0.6 is 0 Å². The maximum absolute atomic E-state index is 11.8. The topological polar surface area (TPSA) is 127 Å². The lowest BCUT2D eigenvalue weighted by Gasteiger charge is -2.15. The highest BCUT2D eigenvalue weighted by Crippen LogP contribution is 2.16. The zero-order valence-electron chi connectivity index (χ0n) is 10.8. The van der Waals surface area contributed by atoms with Gasteiger partial charge in [0, 0.05) is 5.69 Å². The summed E-state index contributed by atoms with van der Waals surface area (Å²) in [6.07, 6.45) is 0. The molecule has 0 saturated heterocycles. The predicted molar refractivity (Wildman–Crippen MR) is 74.6 cm³/mol. The Balaban J connectivity index is 2.80. The summed E-state index contributed by atoms with van der Waals surface area (Å²) in [5.41, 5.74) is 6.41. The molecule has 0 spiro atoms. The minimum Gasteiger partial charge on any atom is -0.325 e. The number of hydrogen-bond acceptors (Lipinski definition) is 4. The van der Waals surface area contributed by atoms with Gasteiger partial charge in [-0.25, -0.2) is 5.14 Å². The molecular formula is C11H18N4O3S. The first-order chi connectivity index (χ1) is 8.69. The number of carbonyl (C=O) groups excluding carboxylic acids is 1. The minimum absolute atomic E-state index is 0.00530. The number of rotatable bonds is 5. The molecule has 0 aliphatic heterocycles. The molecule has 7 nitrogen and oxygen atoms in total. The van der Waals surface area contributed by atoms with Crippen LogP contribution in [0, 0.1) is 5.92 Å². The predicted octanol–water partition coefficient (Wildman–Crippen LogP) is 0.224. The second-order valence-electron chi connectivity index (χ2n) is 4.49. The molecule has 1 aromatic carbocycles. The van der Waals surface area contributed by atoms with Gasteiger partial charge in [0.25, 0.3) is 10.2 Å². The van der Waals surface area contributed by atoms with E-state index in [9.17, 15) is 13.2 Å². The molecule has 6 N–H and O–H groups in total. The zero-order chi connectivity index (χ0) is 14.6. The van der Waals surface area contributed by atoms with E-state index in [1.807, 2.05) is 13.8 Å². The first-order valence-electron chi connectivity index (χ1n) is 5.66. The number of carbonyl (C=O) groups is 1. The first kappa shape index (κ1) is 15.4. The Kier molecular flexibility index (Phi) is 4.87. The van der Waals surface area contributed by atoms with Crippen LogP contribution in [0.3, 0.4) is 0 Å². The summed E-state index contributed by atoms with van der Waals surface area (Å²) in [7, 11) is -3.84. The number of amides is 1. The summed E-state index contributed by atoms with van der Waals surface area (Å²) in [5, 5.41) is 7.47. The smallest absolute Gasteiger partial charge is 0.296 e. The van der Waals surface area contributed by atoms with E-state index in [1.165, 1.54) is 12.1 Å². The average Bonchev–Trinajstić information content (AvgIpc) is 2.25. The van der Waals surface area contributed by atoms with E-state index in [0.29, 0.717) is 5.69 Å². The van der Waals surface area contributed by atoms with Crippen LogP contribution < -0.4 is 20.9 Å². The molecule has 1 amide bonds. The minimum atomic E-state index is -3.84. The van der Waals surface area contributed by atoms with Crippen LogP contribution in [-0.4, -0.2) is 20.4 Å². The van der Waals surface area contributed by atoms with Crippen LogP contribution in [0.4, 0.5) is 11.4 Å². The van der Waals surface area contributed by atoms with Crippen molar-refractivity contribution in [3.8, 4) is 0 Å². The van der Waals surface area contributed by atoms with Crippen molar-refractivity contribution in [1.82, 2.24) is 0 Å². The van der Waals surface area contributed by atoms with E-state index in [4.69, 9.17) is 10.9 Å². The molecule has 106 valence electrons. The summed E-state index contributed by atoms with van der Waals surface area (Å²) in [6.45, 7) is 3.67. The Bertz CT molecular complexity index is 557. The lowest BCUT2D eigenvalue weighted by molar-refractivity contribution is -0.118. The maximum atomic E-state index is 11.8. The molecule has 0 fully saturated rings. The molecule has 0 saturated carbocycles. The maximum Gasteiger partial charge on any atom is 0.296 e. The monoisotopic (exact) mass is 286 g/mol. The molecule has 0 radical (unpaired) electrons. The number of nitrogens with one attached hydrogen (secondary N) is 2. The quantitative estimate of drug-likeness (QED) is 0.617. The Morgan fingerprint density at radius 2 is 1.84 bits per heavy atom. The van der Waals surface area contributed by atoms with Gasteiger partial charge in [0.15, 0.2) is 0 Å². The van der Waals surface area contributed by atoms with Crippen molar-refractivity contribution in [2.75, 3.05) is 10.0 Å². The molecule has 0 aliphatic carbocycles. The Labute approximate surface area is 112 Å². The van der Waals surface area contributed by atoms with Gasteiger partial charge in [-0.05, 0) is 24.1 Å². The van der Waals surface area contributed by atoms with Crippen LogP contribution in [0.1, 0.15) is 13.8 Å². The van der Waals surface area contributed by atoms with Crippen molar-refractivity contribution in [1.29, 1.82) is 0 Å². The Morgan fingerprint density at radius 3 is 2.37 bits per heavy atom. The molecule has 0 aromatic heterocycles. The zero-order valence-corrected chi connectivity index (χ0v) is 11.6. The molecule has 19 heavy (non-hydrogen) atoms.